The van der Waals surface area contributed by atoms with Crippen LogP contribution in [0.5, 0.6) is 5.75 Å². The molecular weight excluding hydrogens is 509 g/mol. The average Bonchev–Trinajstić information content (AvgIpc) is 3.00. The molecule has 3 aromatic carbocycles. The summed E-state index contributed by atoms with van der Waals surface area (Å²) in [7, 11) is 1.61. The Morgan fingerprint density at radius 1 is 1.00 bits per heavy atom. The van der Waals surface area contributed by atoms with E-state index >= 15 is 0 Å². The van der Waals surface area contributed by atoms with Gasteiger partial charge in [-0.05, 0) is 48.0 Å². The first-order valence-corrected chi connectivity index (χ1v) is 12.9. The first-order valence-electron chi connectivity index (χ1n) is 12.9. The normalized spacial score (nSPS) is 13.1. The summed E-state index contributed by atoms with van der Waals surface area (Å²) in [5.74, 6) is 1.36. The maximum atomic E-state index is 13.5. The number of methoxy groups -OCH3 is 1. The van der Waals surface area contributed by atoms with E-state index in [0.717, 1.165) is 11.4 Å². The van der Waals surface area contributed by atoms with Crippen molar-refractivity contribution >= 4 is 35.1 Å². The number of anilines is 4. The van der Waals surface area contributed by atoms with Crippen molar-refractivity contribution in [1.29, 1.82) is 5.41 Å². The van der Waals surface area contributed by atoms with E-state index in [1.807, 2.05) is 36.4 Å². The van der Waals surface area contributed by atoms with Gasteiger partial charge in [0.25, 0.3) is 5.91 Å². The predicted molar refractivity (Wildman–Crippen MR) is 155 cm³/mol. The van der Waals surface area contributed by atoms with Crippen LogP contribution in [-0.4, -0.2) is 55.4 Å². The molecule has 1 fully saturated rings. The standard InChI is InChI=1S/C30H30FN7O2/c1-40-27-11-10-22(30(39)33-19-21-6-5-7-23(31)16-21)17-26(27)37-12-14-38(15-13-37)29-25(18-32)28(34-20-35-29)36-24-8-3-2-4-9-24/h2-11,16-18,20,32H,12-15,19H2,1H3,(H,33,39)(H,34,35,36). The van der Waals surface area contributed by atoms with Gasteiger partial charge in [0.05, 0.1) is 18.4 Å². The third-order valence-corrected chi connectivity index (χ3v) is 6.75. The Hall–Kier alpha value is -4.99. The number of nitrogens with one attached hydrogen (secondary N) is 3. The fraction of sp³-hybridized carbons (Fsp3) is 0.200. The molecule has 40 heavy (non-hydrogen) atoms. The van der Waals surface area contributed by atoms with E-state index in [4.69, 9.17) is 10.1 Å². The van der Waals surface area contributed by atoms with Crippen LogP contribution in [-0.2, 0) is 6.54 Å². The van der Waals surface area contributed by atoms with Gasteiger partial charge in [0.15, 0.2) is 0 Å². The Kier molecular flexibility index (Phi) is 8.15. The number of hydrogen-bond donors (Lipinski definition) is 3. The number of carbonyl (C=O) groups is 1. The topological polar surface area (TPSA) is 106 Å². The van der Waals surface area contributed by atoms with Gasteiger partial charge in [0.2, 0.25) is 0 Å². The van der Waals surface area contributed by atoms with Crippen LogP contribution in [0.2, 0.25) is 0 Å². The lowest BCUT2D eigenvalue weighted by Crippen LogP contribution is -2.47. The van der Waals surface area contributed by atoms with Crippen molar-refractivity contribution < 1.29 is 13.9 Å². The molecule has 9 nitrogen and oxygen atoms in total. The number of halogens is 1. The van der Waals surface area contributed by atoms with E-state index in [1.54, 1.807) is 31.4 Å². The predicted octanol–water partition coefficient (Wildman–Crippen LogP) is 4.62. The largest absolute Gasteiger partial charge is 0.495 e. The Labute approximate surface area is 232 Å². The highest BCUT2D eigenvalue weighted by Crippen LogP contribution is 2.32. The summed E-state index contributed by atoms with van der Waals surface area (Å²) in [6.07, 6.45) is 2.79. The van der Waals surface area contributed by atoms with E-state index in [-0.39, 0.29) is 18.3 Å². The molecule has 10 heteroatoms. The number of benzene rings is 3. The smallest absolute Gasteiger partial charge is 0.251 e. The molecule has 5 rings (SSSR count). The Bertz CT molecular complexity index is 1490. The molecule has 1 aliphatic rings. The van der Waals surface area contributed by atoms with Gasteiger partial charge in [-0.15, -0.1) is 0 Å². The van der Waals surface area contributed by atoms with Crippen molar-refractivity contribution in [2.24, 2.45) is 0 Å². The second kappa shape index (κ2) is 12.2. The maximum Gasteiger partial charge on any atom is 0.251 e. The third-order valence-electron chi connectivity index (χ3n) is 6.75. The first-order chi connectivity index (χ1) is 19.6. The van der Waals surface area contributed by atoms with E-state index in [0.29, 0.717) is 60.3 Å². The number of hydrogen-bond acceptors (Lipinski definition) is 8. The Morgan fingerprint density at radius 3 is 2.50 bits per heavy atom. The first kappa shape index (κ1) is 26.6. The van der Waals surface area contributed by atoms with Crippen LogP contribution in [0.15, 0.2) is 79.1 Å². The summed E-state index contributed by atoms with van der Waals surface area (Å²) in [6, 6.07) is 21.2. The van der Waals surface area contributed by atoms with Crippen LogP contribution in [0.1, 0.15) is 21.5 Å². The molecule has 1 amide bonds. The highest BCUT2D eigenvalue weighted by atomic mass is 19.1. The molecule has 0 bridgehead atoms. The summed E-state index contributed by atoms with van der Waals surface area (Å²) in [5, 5.41) is 14.2. The minimum absolute atomic E-state index is 0.228. The van der Waals surface area contributed by atoms with E-state index in [1.165, 1.54) is 24.7 Å². The minimum Gasteiger partial charge on any atom is -0.495 e. The quantitative estimate of drug-likeness (QED) is 0.267. The van der Waals surface area contributed by atoms with Crippen molar-refractivity contribution in [1.82, 2.24) is 15.3 Å². The van der Waals surface area contributed by atoms with Crippen molar-refractivity contribution in [3.63, 3.8) is 0 Å². The van der Waals surface area contributed by atoms with E-state index in [2.05, 4.69) is 30.4 Å². The zero-order valence-corrected chi connectivity index (χ0v) is 22.1. The number of rotatable bonds is 9. The number of piperazine rings is 1. The molecule has 0 radical (unpaired) electrons. The molecular formula is C30H30FN7O2. The van der Waals surface area contributed by atoms with Gasteiger partial charge in [-0.1, -0.05) is 30.3 Å². The molecule has 2 heterocycles. The van der Waals surface area contributed by atoms with Crippen LogP contribution in [0, 0.1) is 11.2 Å². The summed E-state index contributed by atoms with van der Waals surface area (Å²) in [5.41, 5.74) is 3.51. The van der Waals surface area contributed by atoms with Crippen molar-refractivity contribution in [2.75, 3.05) is 48.4 Å². The molecule has 0 atom stereocenters. The van der Waals surface area contributed by atoms with Gasteiger partial charge in [-0.3, -0.25) is 4.79 Å². The highest BCUT2D eigenvalue weighted by Gasteiger charge is 2.24. The molecule has 0 aliphatic carbocycles. The van der Waals surface area contributed by atoms with Crippen LogP contribution < -0.4 is 25.2 Å². The molecule has 204 valence electrons. The monoisotopic (exact) mass is 539 g/mol. The third kappa shape index (κ3) is 6.01. The second-order valence-corrected chi connectivity index (χ2v) is 9.27. The number of nitrogens with zero attached hydrogens (tertiary/aromatic N) is 4. The van der Waals surface area contributed by atoms with Gasteiger partial charge in [-0.2, -0.15) is 0 Å². The van der Waals surface area contributed by atoms with E-state index < -0.39 is 0 Å². The molecule has 3 N–H and O–H groups in total. The molecule has 1 aromatic heterocycles. The summed E-state index contributed by atoms with van der Waals surface area (Å²) < 4.78 is 19.1. The zero-order chi connectivity index (χ0) is 27.9. The summed E-state index contributed by atoms with van der Waals surface area (Å²) in [6.45, 7) is 2.86. The Morgan fingerprint density at radius 2 is 1.77 bits per heavy atom. The zero-order valence-electron chi connectivity index (χ0n) is 22.1. The second-order valence-electron chi connectivity index (χ2n) is 9.27. The number of amides is 1. The van der Waals surface area contributed by atoms with Gasteiger partial charge in [0, 0.05) is 50.2 Å². The van der Waals surface area contributed by atoms with Gasteiger partial charge in [-0.25, -0.2) is 14.4 Å². The highest BCUT2D eigenvalue weighted by molar-refractivity contribution is 5.96. The lowest BCUT2D eigenvalue weighted by molar-refractivity contribution is 0.0951. The van der Waals surface area contributed by atoms with E-state index in [9.17, 15) is 9.18 Å². The van der Waals surface area contributed by atoms with Crippen LogP contribution in [0.3, 0.4) is 0 Å². The maximum absolute atomic E-state index is 13.5. The fourth-order valence-corrected chi connectivity index (χ4v) is 4.70. The number of carbonyl (C=O) groups excluding carboxylic acids is 1. The van der Waals surface area contributed by atoms with Gasteiger partial charge >= 0.3 is 0 Å². The SMILES string of the molecule is COc1ccc(C(=O)NCc2cccc(F)c2)cc1N1CCN(c2ncnc(Nc3ccccc3)c2C=N)CC1. The molecule has 4 aromatic rings. The fourth-order valence-electron chi connectivity index (χ4n) is 4.70. The summed E-state index contributed by atoms with van der Waals surface area (Å²) >= 11 is 0. The minimum atomic E-state index is -0.337. The van der Waals surface area contributed by atoms with Gasteiger partial charge < -0.3 is 30.6 Å². The number of ether oxygens (including phenoxy) is 1. The lowest BCUT2D eigenvalue weighted by atomic mass is 10.1. The molecule has 0 saturated carbocycles. The van der Waals surface area contributed by atoms with Crippen molar-refractivity contribution in [2.45, 2.75) is 6.54 Å². The van der Waals surface area contributed by atoms with Crippen molar-refractivity contribution in [3.8, 4) is 5.75 Å². The molecule has 1 saturated heterocycles. The molecule has 1 aliphatic heterocycles. The lowest BCUT2D eigenvalue weighted by Gasteiger charge is -2.37. The van der Waals surface area contributed by atoms with Crippen LogP contribution >= 0.6 is 0 Å². The summed E-state index contributed by atoms with van der Waals surface area (Å²) in [4.78, 5) is 26.1. The number of para-hydroxylation sites is 1. The van der Waals surface area contributed by atoms with Crippen LogP contribution in [0.4, 0.5) is 27.4 Å². The Balaban J connectivity index is 1.28. The molecule has 0 spiro atoms. The van der Waals surface area contributed by atoms with Gasteiger partial charge in [0.1, 0.15) is 29.5 Å². The van der Waals surface area contributed by atoms with Crippen molar-refractivity contribution in [3.05, 3.63) is 102 Å². The van der Waals surface area contributed by atoms with Crippen LogP contribution in [0.25, 0.3) is 0 Å². The number of aromatic nitrogens is 2. The average molecular weight is 540 g/mol. The molecule has 0 unspecified atom stereocenters.